The summed E-state index contributed by atoms with van der Waals surface area (Å²) >= 11 is 0. The molecule has 0 unspecified atom stereocenters. The highest BCUT2D eigenvalue weighted by Gasteiger charge is 2.10. The van der Waals surface area contributed by atoms with Gasteiger partial charge in [0.15, 0.2) is 5.82 Å². The van der Waals surface area contributed by atoms with Gasteiger partial charge in [0.2, 0.25) is 0 Å². The van der Waals surface area contributed by atoms with Crippen molar-refractivity contribution in [1.82, 2.24) is 10.1 Å². The molecule has 1 aromatic heterocycles. The maximum atomic E-state index is 9.26. The zero-order chi connectivity index (χ0) is 14.8. The van der Waals surface area contributed by atoms with Crippen LogP contribution in [0.2, 0.25) is 0 Å². The van der Waals surface area contributed by atoms with Crippen molar-refractivity contribution in [3.8, 4) is 17.2 Å². The zero-order valence-corrected chi connectivity index (χ0v) is 11.6. The predicted molar refractivity (Wildman–Crippen MR) is 79.8 cm³/mol. The molecule has 0 saturated heterocycles. The number of nitrogens with two attached hydrogens (primary N) is 1. The van der Waals surface area contributed by atoms with Gasteiger partial charge in [-0.1, -0.05) is 17.3 Å². The third-order valence-electron chi connectivity index (χ3n) is 3.28. The van der Waals surface area contributed by atoms with E-state index in [0.29, 0.717) is 18.1 Å². The smallest absolute Gasteiger partial charge is 0.257 e. The second kappa shape index (κ2) is 5.28. The Balaban J connectivity index is 1.82. The average molecular weight is 281 g/mol. The van der Waals surface area contributed by atoms with Crippen LogP contribution in [-0.2, 0) is 6.42 Å². The summed E-state index contributed by atoms with van der Waals surface area (Å²) in [7, 11) is 0. The van der Waals surface area contributed by atoms with E-state index in [-0.39, 0.29) is 5.75 Å². The topological polar surface area (TPSA) is 85.2 Å². The Morgan fingerprint density at radius 1 is 1.14 bits per heavy atom. The van der Waals surface area contributed by atoms with Gasteiger partial charge in [0.05, 0.1) is 0 Å². The molecule has 3 rings (SSSR count). The van der Waals surface area contributed by atoms with Crippen LogP contribution in [0, 0.1) is 6.92 Å². The second-order valence-electron chi connectivity index (χ2n) is 4.93. The van der Waals surface area contributed by atoms with E-state index >= 15 is 0 Å². The number of rotatable bonds is 3. The fraction of sp³-hybridized carbons (Fsp3) is 0.125. The molecule has 0 radical (unpaired) electrons. The second-order valence-corrected chi connectivity index (χ2v) is 4.93. The summed E-state index contributed by atoms with van der Waals surface area (Å²) in [5, 5.41) is 13.2. The molecule has 0 atom stereocenters. The highest BCUT2D eigenvalue weighted by Crippen LogP contribution is 2.22. The van der Waals surface area contributed by atoms with Gasteiger partial charge in [-0.15, -0.1) is 0 Å². The summed E-state index contributed by atoms with van der Waals surface area (Å²) < 4.78 is 5.29. The summed E-state index contributed by atoms with van der Waals surface area (Å²) in [5.74, 6) is 1.32. The Hall–Kier alpha value is -2.82. The maximum Gasteiger partial charge on any atom is 0.257 e. The van der Waals surface area contributed by atoms with Crippen LogP contribution in [0.25, 0.3) is 11.5 Å². The quantitative estimate of drug-likeness (QED) is 0.721. The number of hydrogen-bond acceptors (Lipinski definition) is 5. The first-order valence-electron chi connectivity index (χ1n) is 6.59. The number of aryl methyl sites for hydroxylation is 1. The lowest BCUT2D eigenvalue weighted by atomic mass is 10.1. The molecule has 3 N–H and O–H groups in total. The first-order valence-corrected chi connectivity index (χ1v) is 6.59. The van der Waals surface area contributed by atoms with Gasteiger partial charge in [0, 0.05) is 17.7 Å². The molecule has 0 aliphatic carbocycles. The van der Waals surface area contributed by atoms with E-state index in [4.69, 9.17) is 10.3 Å². The number of aromatic hydroxyl groups is 1. The van der Waals surface area contributed by atoms with Crippen molar-refractivity contribution in [2.75, 3.05) is 5.73 Å². The molecular weight excluding hydrogens is 266 g/mol. The minimum atomic E-state index is 0.241. The maximum absolute atomic E-state index is 9.26. The fourth-order valence-corrected chi connectivity index (χ4v) is 2.05. The summed E-state index contributed by atoms with van der Waals surface area (Å²) in [6.45, 7) is 1.94. The van der Waals surface area contributed by atoms with Gasteiger partial charge in [0.1, 0.15) is 5.75 Å². The molecule has 0 spiro atoms. The Morgan fingerprint density at radius 3 is 2.62 bits per heavy atom. The van der Waals surface area contributed by atoms with Crippen molar-refractivity contribution in [2.24, 2.45) is 0 Å². The molecule has 0 aliphatic rings. The van der Waals surface area contributed by atoms with Crippen molar-refractivity contribution >= 4 is 5.69 Å². The minimum Gasteiger partial charge on any atom is -0.508 e. The lowest BCUT2D eigenvalue weighted by Gasteiger charge is -2.00. The number of phenolic OH excluding ortho intramolecular Hbond substituents is 1. The molecule has 0 amide bonds. The van der Waals surface area contributed by atoms with Crippen LogP contribution in [0.4, 0.5) is 5.69 Å². The zero-order valence-electron chi connectivity index (χ0n) is 11.6. The van der Waals surface area contributed by atoms with E-state index < -0.39 is 0 Å². The van der Waals surface area contributed by atoms with Crippen LogP contribution in [0.1, 0.15) is 17.0 Å². The summed E-state index contributed by atoms with van der Waals surface area (Å²) in [6.07, 6.45) is 0.553. The molecule has 2 aromatic carbocycles. The molecule has 5 nitrogen and oxygen atoms in total. The van der Waals surface area contributed by atoms with Crippen LogP contribution in [0.3, 0.4) is 0 Å². The number of hydrogen-bond donors (Lipinski definition) is 2. The predicted octanol–water partition coefficient (Wildman–Crippen LogP) is 2.92. The minimum absolute atomic E-state index is 0.241. The Bertz CT molecular complexity index is 763. The SMILES string of the molecule is Cc1cc(-c2nc(Cc3ccc(O)cc3)no2)ccc1N. The lowest BCUT2D eigenvalue weighted by Crippen LogP contribution is -1.91. The molecule has 0 aliphatic heterocycles. The van der Waals surface area contributed by atoms with E-state index in [1.807, 2.05) is 37.3 Å². The highest BCUT2D eigenvalue weighted by molar-refractivity contribution is 5.60. The summed E-state index contributed by atoms with van der Waals surface area (Å²) in [5.41, 5.74) is 9.38. The Labute approximate surface area is 122 Å². The number of benzene rings is 2. The third kappa shape index (κ3) is 2.86. The van der Waals surface area contributed by atoms with Crippen molar-refractivity contribution < 1.29 is 9.63 Å². The molecule has 1 heterocycles. The number of aromatic nitrogens is 2. The van der Waals surface area contributed by atoms with Gasteiger partial charge in [-0.25, -0.2) is 0 Å². The van der Waals surface area contributed by atoms with Gasteiger partial charge < -0.3 is 15.4 Å². The van der Waals surface area contributed by atoms with Crippen molar-refractivity contribution in [2.45, 2.75) is 13.3 Å². The van der Waals surface area contributed by atoms with Gasteiger partial charge in [0.25, 0.3) is 5.89 Å². The van der Waals surface area contributed by atoms with Crippen molar-refractivity contribution in [3.05, 3.63) is 59.4 Å². The van der Waals surface area contributed by atoms with Crippen molar-refractivity contribution in [1.29, 1.82) is 0 Å². The molecule has 21 heavy (non-hydrogen) atoms. The van der Waals surface area contributed by atoms with Crippen LogP contribution < -0.4 is 5.73 Å². The van der Waals surface area contributed by atoms with E-state index in [0.717, 1.165) is 22.4 Å². The lowest BCUT2D eigenvalue weighted by molar-refractivity contribution is 0.424. The van der Waals surface area contributed by atoms with Gasteiger partial charge in [-0.05, 0) is 48.4 Å². The summed E-state index contributed by atoms with van der Waals surface area (Å²) in [4.78, 5) is 4.39. The number of nitrogens with zero attached hydrogens (tertiary/aromatic N) is 2. The van der Waals surface area contributed by atoms with Crippen LogP contribution in [0.5, 0.6) is 5.75 Å². The third-order valence-corrected chi connectivity index (χ3v) is 3.28. The molecule has 0 bridgehead atoms. The molecule has 5 heteroatoms. The summed E-state index contributed by atoms with van der Waals surface area (Å²) in [6, 6.07) is 12.6. The van der Waals surface area contributed by atoms with Crippen LogP contribution in [-0.4, -0.2) is 15.2 Å². The largest absolute Gasteiger partial charge is 0.508 e. The number of nitrogen functional groups attached to an aromatic ring is 1. The van der Waals surface area contributed by atoms with Gasteiger partial charge in [-0.3, -0.25) is 0 Å². The molecule has 0 fully saturated rings. The normalized spacial score (nSPS) is 10.7. The molecule has 0 saturated carbocycles. The highest BCUT2D eigenvalue weighted by atomic mass is 16.5. The van der Waals surface area contributed by atoms with Gasteiger partial charge >= 0.3 is 0 Å². The number of anilines is 1. The molecular formula is C16H15N3O2. The first kappa shape index (κ1) is 13.2. The average Bonchev–Trinajstić information content (AvgIpc) is 2.93. The van der Waals surface area contributed by atoms with E-state index in [9.17, 15) is 5.11 Å². The van der Waals surface area contributed by atoms with E-state index in [1.54, 1.807) is 12.1 Å². The first-order chi connectivity index (χ1) is 10.1. The molecule has 106 valence electrons. The van der Waals surface area contributed by atoms with Crippen molar-refractivity contribution in [3.63, 3.8) is 0 Å². The van der Waals surface area contributed by atoms with Crippen LogP contribution in [0.15, 0.2) is 47.0 Å². The Morgan fingerprint density at radius 2 is 1.90 bits per heavy atom. The van der Waals surface area contributed by atoms with E-state index in [1.165, 1.54) is 0 Å². The van der Waals surface area contributed by atoms with Gasteiger partial charge in [-0.2, -0.15) is 4.98 Å². The fourth-order valence-electron chi connectivity index (χ4n) is 2.05. The standard InChI is InChI=1S/C16H15N3O2/c1-10-8-12(4-7-14(10)17)16-18-15(19-21-16)9-11-2-5-13(20)6-3-11/h2-8,20H,9,17H2,1H3. The Kier molecular flexibility index (Phi) is 3.31. The number of phenols is 1. The van der Waals surface area contributed by atoms with E-state index in [2.05, 4.69) is 10.1 Å². The molecule has 3 aromatic rings. The monoisotopic (exact) mass is 281 g/mol. The van der Waals surface area contributed by atoms with Crippen LogP contribution >= 0.6 is 0 Å².